The molecule has 0 bridgehead atoms. The Kier molecular flexibility index (Phi) is 5.64. The fourth-order valence-electron chi connectivity index (χ4n) is 1.90. The Morgan fingerprint density at radius 2 is 2.00 bits per heavy atom. The summed E-state index contributed by atoms with van der Waals surface area (Å²) in [6.45, 7) is 3.79. The SMILES string of the molecule is C=CC(=O)OCCCCc1ccc(-c2ccccn2)nc1. The van der Waals surface area contributed by atoms with Crippen molar-refractivity contribution in [1.82, 2.24) is 9.97 Å². The second-order valence-corrected chi connectivity index (χ2v) is 4.60. The van der Waals surface area contributed by atoms with Gasteiger partial charge in [-0.15, -0.1) is 0 Å². The van der Waals surface area contributed by atoms with Crippen molar-refractivity contribution in [3.05, 3.63) is 60.9 Å². The largest absolute Gasteiger partial charge is 0.463 e. The molecule has 0 saturated heterocycles. The molecule has 0 amide bonds. The van der Waals surface area contributed by atoms with E-state index in [9.17, 15) is 4.79 Å². The quantitative estimate of drug-likeness (QED) is 0.444. The molecular formula is C17H18N2O2. The van der Waals surface area contributed by atoms with Crippen LogP contribution in [0.3, 0.4) is 0 Å². The summed E-state index contributed by atoms with van der Waals surface area (Å²) >= 11 is 0. The minimum absolute atomic E-state index is 0.364. The second kappa shape index (κ2) is 7.94. The Morgan fingerprint density at radius 3 is 2.67 bits per heavy atom. The van der Waals surface area contributed by atoms with Crippen LogP contribution >= 0.6 is 0 Å². The molecule has 108 valence electrons. The maximum Gasteiger partial charge on any atom is 0.330 e. The maximum absolute atomic E-state index is 10.9. The number of nitrogens with zero attached hydrogens (tertiary/aromatic N) is 2. The van der Waals surface area contributed by atoms with Crippen molar-refractivity contribution in [3.63, 3.8) is 0 Å². The third-order valence-corrected chi connectivity index (χ3v) is 3.02. The molecule has 0 fully saturated rings. The van der Waals surface area contributed by atoms with E-state index in [1.165, 1.54) is 11.6 Å². The number of pyridine rings is 2. The molecule has 2 rings (SSSR count). The lowest BCUT2D eigenvalue weighted by Gasteiger charge is -2.04. The molecule has 0 atom stereocenters. The lowest BCUT2D eigenvalue weighted by molar-refractivity contribution is -0.137. The van der Waals surface area contributed by atoms with Crippen LogP contribution in [0.4, 0.5) is 0 Å². The zero-order valence-corrected chi connectivity index (χ0v) is 11.9. The van der Waals surface area contributed by atoms with E-state index in [0.717, 1.165) is 30.7 Å². The highest BCUT2D eigenvalue weighted by molar-refractivity contribution is 5.81. The molecule has 0 aromatic carbocycles. The summed E-state index contributed by atoms with van der Waals surface area (Å²) in [6.07, 6.45) is 7.52. The van der Waals surface area contributed by atoms with Crippen molar-refractivity contribution in [2.75, 3.05) is 6.61 Å². The average molecular weight is 282 g/mol. The molecule has 21 heavy (non-hydrogen) atoms. The van der Waals surface area contributed by atoms with Gasteiger partial charge in [-0.3, -0.25) is 9.97 Å². The minimum atomic E-state index is -0.364. The van der Waals surface area contributed by atoms with E-state index in [0.29, 0.717) is 6.61 Å². The summed E-state index contributed by atoms with van der Waals surface area (Å²) in [4.78, 5) is 19.6. The molecule has 0 unspecified atom stereocenters. The predicted octanol–water partition coefficient (Wildman–Crippen LogP) is 3.20. The van der Waals surface area contributed by atoms with Crippen LogP contribution in [0.25, 0.3) is 11.4 Å². The van der Waals surface area contributed by atoms with Gasteiger partial charge >= 0.3 is 5.97 Å². The number of hydrogen-bond donors (Lipinski definition) is 0. The molecule has 0 aliphatic heterocycles. The summed E-state index contributed by atoms with van der Waals surface area (Å²) in [5, 5.41) is 0. The highest BCUT2D eigenvalue weighted by Gasteiger charge is 2.01. The van der Waals surface area contributed by atoms with E-state index in [1.807, 2.05) is 30.5 Å². The van der Waals surface area contributed by atoms with Crippen molar-refractivity contribution in [3.8, 4) is 11.4 Å². The molecular weight excluding hydrogens is 264 g/mol. The van der Waals surface area contributed by atoms with Crippen LogP contribution in [-0.2, 0) is 16.0 Å². The fourth-order valence-corrected chi connectivity index (χ4v) is 1.90. The summed E-state index contributed by atoms with van der Waals surface area (Å²) in [5.74, 6) is -0.364. The molecule has 4 heteroatoms. The van der Waals surface area contributed by atoms with Crippen LogP contribution in [0.15, 0.2) is 55.4 Å². The van der Waals surface area contributed by atoms with Gasteiger partial charge < -0.3 is 4.74 Å². The van der Waals surface area contributed by atoms with E-state index in [1.54, 1.807) is 6.20 Å². The van der Waals surface area contributed by atoms with Gasteiger partial charge in [-0.25, -0.2) is 4.79 Å². The maximum atomic E-state index is 10.9. The standard InChI is InChI=1S/C17H18N2O2/c1-2-17(20)21-12-6-4-7-14-9-10-16(19-13-14)15-8-3-5-11-18-15/h2-3,5,8-11,13H,1,4,6-7,12H2. The van der Waals surface area contributed by atoms with Gasteiger partial charge in [0.15, 0.2) is 0 Å². The van der Waals surface area contributed by atoms with Crippen LogP contribution in [0.5, 0.6) is 0 Å². The topological polar surface area (TPSA) is 52.1 Å². The normalized spacial score (nSPS) is 10.1. The van der Waals surface area contributed by atoms with Gasteiger partial charge in [0.05, 0.1) is 18.0 Å². The van der Waals surface area contributed by atoms with Gasteiger partial charge in [-0.05, 0) is 43.0 Å². The molecule has 0 radical (unpaired) electrons. The third kappa shape index (κ3) is 4.84. The zero-order chi connectivity index (χ0) is 14.9. The molecule has 0 aliphatic carbocycles. The van der Waals surface area contributed by atoms with Gasteiger partial charge in [0, 0.05) is 18.5 Å². The first-order valence-corrected chi connectivity index (χ1v) is 6.95. The Bertz CT molecular complexity index is 579. The van der Waals surface area contributed by atoms with Crippen molar-refractivity contribution < 1.29 is 9.53 Å². The molecule has 2 aromatic heterocycles. The summed E-state index contributed by atoms with van der Waals surface area (Å²) in [6, 6.07) is 9.82. The van der Waals surface area contributed by atoms with Gasteiger partial charge in [0.2, 0.25) is 0 Å². The lowest BCUT2D eigenvalue weighted by Crippen LogP contribution is -2.02. The average Bonchev–Trinajstić information content (AvgIpc) is 2.55. The van der Waals surface area contributed by atoms with Gasteiger partial charge in [-0.1, -0.05) is 18.7 Å². The lowest BCUT2D eigenvalue weighted by atomic mass is 10.1. The van der Waals surface area contributed by atoms with E-state index >= 15 is 0 Å². The third-order valence-electron chi connectivity index (χ3n) is 3.02. The minimum Gasteiger partial charge on any atom is -0.463 e. The number of esters is 1. The second-order valence-electron chi connectivity index (χ2n) is 4.60. The number of rotatable bonds is 7. The monoisotopic (exact) mass is 282 g/mol. The number of carbonyl (C=O) groups excluding carboxylic acids is 1. The number of ether oxygens (including phenoxy) is 1. The first-order valence-electron chi connectivity index (χ1n) is 6.95. The smallest absolute Gasteiger partial charge is 0.330 e. The highest BCUT2D eigenvalue weighted by Crippen LogP contribution is 2.14. The Balaban J connectivity index is 1.78. The zero-order valence-electron chi connectivity index (χ0n) is 11.9. The first-order chi connectivity index (χ1) is 10.3. The number of hydrogen-bond acceptors (Lipinski definition) is 4. The van der Waals surface area contributed by atoms with Crippen LogP contribution in [0.1, 0.15) is 18.4 Å². The summed E-state index contributed by atoms with van der Waals surface area (Å²) < 4.78 is 4.93. The number of unbranched alkanes of at least 4 members (excludes halogenated alkanes) is 1. The predicted molar refractivity (Wildman–Crippen MR) is 81.6 cm³/mol. The Labute approximate surface area is 124 Å². The molecule has 4 nitrogen and oxygen atoms in total. The van der Waals surface area contributed by atoms with Crippen LogP contribution < -0.4 is 0 Å². The van der Waals surface area contributed by atoms with Gasteiger partial charge in [-0.2, -0.15) is 0 Å². The van der Waals surface area contributed by atoms with Gasteiger partial charge in [0.25, 0.3) is 0 Å². The van der Waals surface area contributed by atoms with Crippen molar-refractivity contribution in [2.24, 2.45) is 0 Å². The molecule has 0 spiro atoms. The summed E-state index contributed by atoms with van der Waals surface area (Å²) in [7, 11) is 0. The highest BCUT2D eigenvalue weighted by atomic mass is 16.5. The van der Waals surface area contributed by atoms with Crippen LogP contribution in [0, 0.1) is 0 Å². The molecule has 2 heterocycles. The molecule has 0 N–H and O–H groups in total. The van der Waals surface area contributed by atoms with Gasteiger partial charge in [0.1, 0.15) is 0 Å². The molecule has 2 aromatic rings. The van der Waals surface area contributed by atoms with E-state index in [-0.39, 0.29) is 5.97 Å². The van der Waals surface area contributed by atoms with Crippen LogP contribution in [0.2, 0.25) is 0 Å². The van der Waals surface area contributed by atoms with Crippen LogP contribution in [-0.4, -0.2) is 22.5 Å². The summed E-state index contributed by atoms with van der Waals surface area (Å²) in [5.41, 5.74) is 2.92. The van der Waals surface area contributed by atoms with Crippen molar-refractivity contribution in [1.29, 1.82) is 0 Å². The van der Waals surface area contributed by atoms with E-state index < -0.39 is 0 Å². The first kappa shape index (κ1) is 14.9. The molecule has 0 saturated carbocycles. The van der Waals surface area contributed by atoms with E-state index in [2.05, 4.69) is 22.6 Å². The van der Waals surface area contributed by atoms with E-state index in [4.69, 9.17) is 4.74 Å². The molecule has 0 aliphatic rings. The fraction of sp³-hybridized carbons (Fsp3) is 0.235. The number of carbonyl (C=O) groups is 1. The van der Waals surface area contributed by atoms with Crippen molar-refractivity contribution in [2.45, 2.75) is 19.3 Å². The Morgan fingerprint density at radius 1 is 1.14 bits per heavy atom. The van der Waals surface area contributed by atoms with Crippen molar-refractivity contribution >= 4 is 5.97 Å². The Hall–Kier alpha value is -2.49. The number of aryl methyl sites for hydroxylation is 1. The number of aromatic nitrogens is 2.